The Morgan fingerprint density at radius 3 is 2.75 bits per heavy atom. The molecule has 194 valence electrons. The van der Waals surface area contributed by atoms with Gasteiger partial charge in [0.1, 0.15) is 17.4 Å². The Kier molecular flexibility index (Phi) is 6.78. The van der Waals surface area contributed by atoms with Gasteiger partial charge in [0.15, 0.2) is 0 Å². The van der Waals surface area contributed by atoms with Crippen LogP contribution in [-0.4, -0.2) is 73.8 Å². The lowest BCUT2D eigenvalue weighted by molar-refractivity contribution is -0.142. The third-order valence-electron chi connectivity index (χ3n) is 8.24. The van der Waals surface area contributed by atoms with Crippen molar-refractivity contribution in [1.29, 1.82) is 0 Å². The van der Waals surface area contributed by atoms with Gasteiger partial charge in [0.05, 0.1) is 31.7 Å². The number of carbonyl (C=O) groups excluding carboxylic acids is 3. The molecule has 1 spiro atoms. The Hall–Kier alpha value is -2.91. The third kappa shape index (κ3) is 4.08. The van der Waals surface area contributed by atoms with E-state index in [4.69, 9.17) is 14.2 Å². The summed E-state index contributed by atoms with van der Waals surface area (Å²) in [5.41, 5.74) is -0.601. The molecule has 9 nitrogen and oxygen atoms in total. The number of hydrogen-bond donors (Lipinski definition) is 2. The van der Waals surface area contributed by atoms with Crippen LogP contribution in [0, 0.1) is 17.8 Å². The van der Waals surface area contributed by atoms with Gasteiger partial charge in [-0.25, -0.2) is 0 Å². The fourth-order valence-corrected chi connectivity index (χ4v) is 6.42. The third-order valence-corrected chi connectivity index (χ3v) is 8.24. The van der Waals surface area contributed by atoms with Crippen molar-refractivity contribution in [3.63, 3.8) is 0 Å². The Balaban J connectivity index is 1.42. The highest BCUT2D eigenvalue weighted by atomic mass is 16.5. The second kappa shape index (κ2) is 9.86. The van der Waals surface area contributed by atoms with Crippen LogP contribution in [0.25, 0.3) is 0 Å². The number of nitrogens with one attached hydrogen (secondary N) is 2. The maximum absolute atomic E-state index is 13.8. The molecule has 1 aromatic rings. The van der Waals surface area contributed by atoms with Crippen LogP contribution < -0.4 is 15.4 Å². The van der Waals surface area contributed by atoms with E-state index in [0.29, 0.717) is 17.4 Å². The number of amides is 3. The molecule has 36 heavy (non-hydrogen) atoms. The SMILES string of the molecule is COCCN1C(=O)C2C(C(=O)Nc3cccc(OC)c3)C3C=CC2(O3)C1C(=O)NC1CCCCC1C. The molecule has 7 atom stereocenters. The van der Waals surface area contributed by atoms with Crippen molar-refractivity contribution in [3.05, 3.63) is 36.4 Å². The number of likely N-dealkylation sites (tertiary alicyclic amines) is 1. The summed E-state index contributed by atoms with van der Waals surface area (Å²) in [6.07, 6.45) is 7.32. The molecule has 2 bridgehead atoms. The normalized spacial score (nSPS) is 34.5. The predicted molar refractivity (Wildman–Crippen MR) is 132 cm³/mol. The molecule has 9 heteroatoms. The molecule has 3 amide bonds. The average Bonchev–Trinajstić information content (AvgIpc) is 3.51. The fourth-order valence-electron chi connectivity index (χ4n) is 6.42. The highest BCUT2D eigenvalue weighted by Crippen LogP contribution is 2.55. The zero-order chi connectivity index (χ0) is 25.4. The van der Waals surface area contributed by atoms with E-state index in [1.807, 2.05) is 12.2 Å². The number of anilines is 1. The summed E-state index contributed by atoms with van der Waals surface area (Å²) < 4.78 is 16.9. The molecule has 1 saturated carbocycles. The quantitative estimate of drug-likeness (QED) is 0.533. The van der Waals surface area contributed by atoms with Gasteiger partial charge < -0.3 is 29.7 Å². The number of benzene rings is 1. The molecule has 1 aromatic carbocycles. The maximum atomic E-state index is 13.8. The van der Waals surface area contributed by atoms with Crippen molar-refractivity contribution in [2.45, 2.75) is 56.4 Å². The molecule has 3 heterocycles. The van der Waals surface area contributed by atoms with Gasteiger partial charge in [-0.05, 0) is 30.9 Å². The topological polar surface area (TPSA) is 106 Å². The van der Waals surface area contributed by atoms with Gasteiger partial charge in [0.2, 0.25) is 17.7 Å². The van der Waals surface area contributed by atoms with Gasteiger partial charge in [-0.3, -0.25) is 14.4 Å². The number of ether oxygens (including phenoxy) is 3. The molecule has 2 saturated heterocycles. The van der Waals surface area contributed by atoms with Gasteiger partial charge in [0, 0.05) is 31.5 Å². The molecule has 0 radical (unpaired) electrons. The summed E-state index contributed by atoms with van der Waals surface area (Å²) in [7, 11) is 3.12. The summed E-state index contributed by atoms with van der Waals surface area (Å²) >= 11 is 0. The van der Waals surface area contributed by atoms with Crippen molar-refractivity contribution >= 4 is 23.4 Å². The van der Waals surface area contributed by atoms with E-state index >= 15 is 0 Å². The zero-order valence-corrected chi connectivity index (χ0v) is 21.1. The summed E-state index contributed by atoms with van der Waals surface area (Å²) in [6.45, 7) is 2.69. The van der Waals surface area contributed by atoms with Crippen molar-refractivity contribution in [2.24, 2.45) is 17.8 Å². The van der Waals surface area contributed by atoms with Crippen molar-refractivity contribution in [2.75, 3.05) is 32.7 Å². The van der Waals surface area contributed by atoms with E-state index in [1.54, 1.807) is 43.4 Å². The molecule has 0 aromatic heterocycles. The van der Waals surface area contributed by atoms with Crippen molar-refractivity contribution in [1.82, 2.24) is 10.2 Å². The van der Waals surface area contributed by atoms with Gasteiger partial charge in [-0.1, -0.05) is 38.0 Å². The molecule has 7 unspecified atom stereocenters. The lowest BCUT2D eigenvalue weighted by Gasteiger charge is -2.35. The number of nitrogens with zero attached hydrogens (tertiary/aromatic N) is 1. The Bertz CT molecular complexity index is 1060. The Morgan fingerprint density at radius 2 is 2.00 bits per heavy atom. The van der Waals surface area contributed by atoms with Gasteiger partial charge >= 0.3 is 0 Å². The van der Waals surface area contributed by atoms with Crippen molar-refractivity contribution in [3.8, 4) is 5.75 Å². The molecule has 4 aliphatic rings. The molecular formula is C27H35N3O6. The van der Waals surface area contributed by atoms with Crippen LogP contribution in [0.3, 0.4) is 0 Å². The number of methoxy groups -OCH3 is 2. The summed E-state index contributed by atoms with van der Waals surface area (Å²) in [4.78, 5) is 42.6. The number of fused-ring (bicyclic) bond motifs is 1. The second-order valence-corrected chi connectivity index (χ2v) is 10.3. The van der Waals surface area contributed by atoms with Crippen LogP contribution in [0.1, 0.15) is 32.6 Å². The van der Waals surface area contributed by atoms with Gasteiger partial charge in [0.25, 0.3) is 0 Å². The molecule has 3 aliphatic heterocycles. The van der Waals surface area contributed by atoms with Crippen LogP contribution in [0.15, 0.2) is 36.4 Å². The first-order valence-corrected chi connectivity index (χ1v) is 12.8. The van der Waals surface area contributed by atoms with Crippen LogP contribution in [-0.2, 0) is 23.9 Å². The highest BCUT2D eigenvalue weighted by molar-refractivity contribution is 6.02. The van der Waals surface area contributed by atoms with E-state index < -0.39 is 29.6 Å². The van der Waals surface area contributed by atoms with Crippen molar-refractivity contribution < 1.29 is 28.6 Å². The average molecular weight is 498 g/mol. The first-order valence-electron chi connectivity index (χ1n) is 12.8. The largest absolute Gasteiger partial charge is 0.497 e. The van der Waals surface area contributed by atoms with E-state index in [1.165, 1.54) is 6.42 Å². The lowest BCUT2D eigenvalue weighted by atomic mass is 9.74. The van der Waals surface area contributed by atoms with Gasteiger partial charge in [-0.15, -0.1) is 0 Å². The number of hydrogen-bond acceptors (Lipinski definition) is 6. The van der Waals surface area contributed by atoms with E-state index in [2.05, 4.69) is 17.6 Å². The second-order valence-electron chi connectivity index (χ2n) is 10.3. The number of rotatable bonds is 8. The summed E-state index contributed by atoms with van der Waals surface area (Å²) in [5.74, 6) is -1.32. The van der Waals surface area contributed by atoms with Gasteiger partial charge in [-0.2, -0.15) is 0 Å². The maximum Gasteiger partial charge on any atom is 0.246 e. The molecule has 3 fully saturated rings. The molecule has 2 N–H and O–H groups in total. The monoisotopic (exact) mass is 497 g/mol. The van der Waals surface area contributed by atoms with Crippen LogP contribution in [0.2, 0.25) is 0 Å². The summed E-state index contributed by atoms with van der Waals surface area (Å²) in [5, 5.41) is 6.14. The molecular weight excluding hydrogens is 462 g/mol. The zero-order valence-electron chi connectivity index (χ0n) is 21.1. The molecule has 5 rings (SSSR count). The minimum Gasteiger partial charge on any atom is -0.497 e. The van der Waals surface area contributed by atoms with E-state index in [9.17, 15) is 14.4 Å². The molecule has 1 aliphatic carbocycles. The fraction of sp³-hybridized carbons (Fsp3) is 0.593. The standard InChI is InChI=1S/C27H35N3O6/c1-16-7-4-5-10-19(16)29-25(32)23-27-12-11-20(36-27)21(22(27)26(33)30(23)13-14-34-2)24(31)28-17-8-6-9-18(15-17)35-3/h6,8-9,11-12,15-16,19-23H,4-5,7,10,13-14H2,1-3H3,(H,28,31)(H,29,32). The van der Waals surface area contributed by atoms with E-state index in [0.717, 1.165) is 19.3 Å². The first kappa shape index (κ1) is 24.8. The summed E-state index contributed by atoms with van der Waals surface area (Å²) in [6, 6.07) is 6.28. The van der Waals surface area contributed by atoms with E-state index in [-0.39, 0.29) is 36.9 Å². The highest BCUT2D eigenvalue weighted by Gasteiger charge is 2.72. The Labute approximate surface area is 211 Å². The number of carbonyl (C=O) groups is 3. The Morgan fingerprint density at radius 1 is 1.19 bits per heavy atom. The smallest absolute Gasteiger partial charge is 0.246 e. The minimum atomic E-state index is -1.17. The van der Waals surface area contributed by atoms with Crippen LogP contribution in [0.5, 0.6) is 5.75 Å². The lowest BCUT2D eigenvalue weighted by Crippen LogP contribution is -2.57. The predicted octanol–water partition coefficient (Wildman–Crippen LogP) is 2.13. The minimum absolute atomic E-state index is 0.0656. The van der Waals surface area contributed by atoms with Crippen LogP contribution >= 0.6 is 0 Å². The first-order chi connectivity index (χ1) is 17.4. The van der Waals surface area contributed by atoms with Crippen LogP contribution in [0.4, 0.5) is 5.69 Å².